The van der Waals surface area contributed by atoms with E-state index >= 15 is 0 Å². The Hall–Kier alpha value is -3.00. The Morgan fingerprint density at radius 2 is 1.64 bits per heavy atom. The third kappa shape index (κ3) is 6.31. The zero-order valence-electron chi connectivity index (χ0n) is 13.9. The predicted molar refractivity (Wildman–Crippen MR) is 94.0 cm³/mol. The van der Waals surface area contributed by atoms with Crippen LogP contribution < -0.4 is 5.32 Å². The van der Waals surface area contributed by atoms with Gasteiger partial charge < -0.3 is 0 Å². The van der Waals surface area contributed by atoms with Crippen LogP contribution in [0.2, 0.25) is 5.02 Å². The SMILES string of the molecule is O=C(/C=C/C(F)(F)F)NC(=O)/C(=C/c1ccc(Cl)cc1)c1ccc(F)cc1F. The van der Waals surface area contributed by atoms with Crippen molar-refractivity contribution in [2.75, 3.05) is 0 Å². The van der Waals surface area contributed by atoms with Gasteiger partial charge in [0.2, 0.25) is 0 Å². The van der Waals surface area contributed by atoms with Crippen molar-refractivity contribution in [1.82, 2.24) is 5.32 Å². The molecule has 2 aromatic carbocycles. The molecule has 0 spiro atoms. The minimum Gasteiger partial charge on any atom is -0.289 e. The fourth-order valence-electron chi connectivity index (χ4n) is 2.09. The summed E-state index contributed by atoms with van der Waals surface area (Å²) in [6, 6.07) is 8.35. The van der Waals surface area contributed by atoms with Crippen molar-refractivity contribution in [2.24, 2.45) is 0 Å². The number of halogens is 6. The second kappa shape index (κ2) is 8.79. The van der Waals surface area contributed by atoms with Crippen LogP contribution in [0.15, 0.2) is 54.6 Å². The van der Waals surface area contributed by atoms with Crippen LogP contribution >= 0.6 is 11.6 Å². The van der Waals surface area contributed by atoms with Crippen LogP contribution in [0, 0.1) is 11.6 Å². The summed E-state index contributed by atoms with van der Waals surface area (Å²) in [5.41, 5.74) is -0.355. The Bertz CT molecular complexity index is 950. The Morgan fingerprint density at radius 1 is 1.00 bits per heavy atom. The Kier molecular flexibility index (Phi) is 6.69. The molecule has 2 rings (SSSR count). The lowest BCUT2D eigenvalue weighted by Gasteiger charge is -2.09. The molecule has 146 valence electrons. The van der Waals surface area contributed by atoms with Crippen LogP contribution in [0.5, 0.6) is 0 Å². The van der Waals surface area contributed by atoms with Gasteiger partial charge in [-0.2, -0.15) is 13.2 Å². The first-order chi connectivity index (χ1) is 13.0. The Labute approximate surface area is 161 Å². The molecule has 2 aromatic rings. The molecule has 0 unspecified atom stereocenters. The van der Waals surface area contributed by atoms with E-state index in [1.807, 2.05) is 0 Å². The lowest BCUT2D eigenvalue weighted by atomic mass is 10.0. The summed E-state index contributed by atoms with van der Waals surface area (Å²) >= 11 is 5.77. The second-order valence-corrected chi connectivity index (χ2v) is 5.86. The monoisotopic (exact) mass is 415 g/mol. The van der Waals surface area contributed by atoms with Crippen LogP contribution in [0.1, 0.15) is 11.1 Å². The summed E-state index contributed by atoms with van der Waals surface area (Å²) in [7, 11) is 0. The van der Waals surface area contributed by atoms with Gasteiger partial charge in [0.1, 0.15) is 11.6 Å². The zero-order chi connectivity index (χ0) is 20.9. The number of benzene rings is 2. The molecule has 0 aromatic heterocycles. The predicted octanol–water partition coefficient (Wildman–Crippen LogP) is 4.92. The third-order valence-corrected chi connectivity index (χ3v) is 3.56. The summed E-state index contributed by atoms with van der Waals surface area (Å²) in [5, 5.41) is 2.10. The molecule has 9 heteroatoms. The van der Waals surface area contributed by atoms with Gasteiger partial charge in [-0.05, 0) is 35.9 Å². The molecule has 0 saturated carbocycles. The standard InChI is InChI=1S/C19H11ClF5NO2/c20-12-3-1-11(2-4-12)9-15(14-6-5-13(21)10-16(14)22)18(28)26-17(27)7-8-19(23,24)25/h1-10H,(H,26,27,28)/b8-7+,15-9+. The number of carbonyl (C=O) groups excluding carboxylic acids is 2. The normalized spacial score (nSPS) is 12.3. The van der Waals surface area contributed by atoms with E-state index < -0.39 is 35.2 Å². The molecule has 0 aliphatic heterocycles. The Balaban J connectivity index is 2.40. The highest BCUT2D eigenvalue weighted by atomic mass is 35.5. The summed E-state index contributed by atoms with van der Waals surface area (Å²) in [6.07, 6.45) is -3.79. The number of nitrogens with one attached hydrogen (secondary N) is 1. The first-order valence-corrected chi connectivity index (χ1v) is 7.97. The minimum absolute atomic E-state index is 0.124. The van der Waals surface area contributed by atoms with E-state index in [4.69, 9.17) is 11.6 Å². The van der Waals surface area contributed by atoms with Crippen molar-refractivity contribution in [1.29, 1.82) is 0 Å². The van der Waals surface area contributed by atoms with Crippen LogP contribution in [-0.4, -0.2) is 18.0 Å². The molecule has 0 aliphatic carbocycles. The van der Waals surface area contributed by atoms with E-state index in [0.717, 1.165) is 12.1 Å². The summed E-state index contributed by atoms with van der Waals surface area (Å²) < 4.78 is 63.7. The average molecular weight is 416 g/mol. The molecule has 0 bridgehead atoms. The van der Waals surface area contributed by atoms with Gasteiger partial charge in [0.05, 0.1) is 5.57 Å². The lowest BCUT2D eigenvalue weighted by molar-refractivity contribution is -0.125. The maximum Gasteiger partial charge on any atom is 0.409 e. The number of allylic oxidation sites excluding steroid dienone is 1. The smallest absolute Gasteiger partial charge is 0.289 e. The van der Waals surface area contributed by atoms with Gasteiger partial charge in [-0.25, -0.2) is 8.78 Å². The molecular formula is C19H11ClF5NO2. The quantitative estimate of drug-likeness (QED) is 0.437. The van der Waals surface area contributed by atoms with E-state index in [1.165, 1.54) is 30.3 Å². The van der Waals surface area contributed by atoms with Crippen LogP contribution in [0.3, 0.4) is 0 Å². The molecule has 0 radical (unpaired) electrons. The van der Waals surface area contributed by atoms with Gasteiger partial charge in [-0.3, -0.25) is 14.9 Å². The minimum atomic E-state index is -4.74. The largest absolute Gasteiger partial charge is 0.409 e. The van der Waals surface area contributed by atoms with Crippen molar-refractivity contribution in [3.63, 3.8) is 0 Å². The van der Waals surface area contributed by atoms with E-state index in [0.29, 0.717) is 16.7 Å². The molecule has 3 nitrogen and oxygen atoms in total. The fourth-order valence-corrected chi connectivity index (χ4v) is 2.22. The van der Waals surface area contributed by atoms with E-state index in [9.17, 15) is 31.5 Å². The highest BCUT2D eigenvalue weighted by Gasteiger charge is 2.23. The number of alkyl halides is 3. The highest BCUT2D eigenvalue weighted by Crippen LogP contribution is 2.23. The first kappa shape index (κ1) is 21.3. The van der Waals surface area contributed by atoms with Crippen molar-refractivity contribution in [3.05, 3.63) is 82.4 Å². The number of hydrogen-bond acceptors (Lipinski definition) is 2. The van der Waals surface area contributed by atoms with Crippen molar-refractivity contribution >= 4 is 35.1 Å². The molecule has 2 amide bonds. The zero-order valence-corrected chi connectivity index (χ0v) is 14.6. The van der Waals surface area contributed by atoms with Gasteiger partial charge >= 0.3 is 6.18 Å². The van der Waals surface area contributed by atoms with Gasteiger partial charge in [0.25, 0.3) is 11.8 Å². The molecule has 0 atom stereocenters. The van der Waals surface area contributed by atoms with Gasteiger partial charge in [-0.15, -0.1) is 0 Å². The van der Waals surface area contributed by atoms with E-state index in [1.54, 1.807) is 5.32 Å². The lowest BCUT2D eigenvalue weighted by Crippen LogP contribution is -2.30. The number of imide groups is 1. The molecule has 1 N–H and O–H groups in total. The van der Waals surface area contributed by atoms with Crippen molar-refractivity contribution in [2.45, 2.75) is 6.18 Å². The first-order valence-electron chi connectivity index (χ1n) is 7.59. The van der Waals surface area contributed by atoms with Gasteiger partial charge in [0, 0.05) is 28.8 Å². The van der Waals surface area contributed by atoms with Crippen LogP contribution in [0.25, 0.3) is 11.6 Å². The van der Waals surface area contributed by atoms with Crippen molar-refractivity contribution < 1.29 is 31.5 Å². The topological polar surface area (TPSA) is 46.2 Å². The molecule has 0 fully saturated rings. The van der Waals surface area contributed by atoms with E-state index in [2.05, 4.69) is 0 Å². The van der Waals surface area contributed by atoms with E-state index in [-0.39, 0.29) is 17.7 Å². The number of hydrogen-bond donors (Lipinski definition) is 1. The molecule has 28 heavy (non-hydrogen) atoms. The number of carbonyl (C=O) groups is 2. The van der Waals surface area contributed by atoms with Crippen molar-refractivity contribution in [3.8, 4) is 0 Å². The third-order valence-electron chi connectivity index (χ3n) is 3.31. The maximum atomic E-state index is 14.1. The maximum absolute atomic E-state index is 14.1. The van der Waals surface area contributed by atoms with Gasteiger partial charge in [0.15, 0.2) is 0 Å². The fraction of sp³-hybridized carbons (Fsp3) is 0.0526. The summed E-state index contributed by atoms with van der Waals surface area (Å²) in [6.45, 7) is 0. The number of amides is 2. The van der Waals surface area contributed by atoms with Crippen LogP contribution in [-0.2, 0) is 9.59 Å². The Morgan fingerprint density at radius 3 is 2.21 bits per heavy atom. The molecule has 0 heterocycles. The van der Waals surface area contributed by atoms with Crippen LogP contribution in [0.4, 0.5) is 22.0 Å². The summed E-state index contributed by atoms with van der Waals surface area (Å²) in [5.74, 6) is -4.51. The molecule has 0 aliphatic rings. The second-order valence-electron chi connectivity index (χ2n) is 5.43. The average Bonchev–Trinajstić information content (AvgIpc) is 2.59. The number of rotatable bonds is 4. The molecule has 0 saturated heterocycles. The summed E-state index contributed by atoms with van der Waals surface area (Å²) in [4.78, 5) is 23.9. The van der Waals surface area contributed by atoms with Gasteiger partial charge in [-0.1, -0.05) is 23.7 Å². The molecular weight excluding hydrogens is 405 g/mol. The highest BCUT2D eigenvalue weighted by molar-refractivity contribution is 6.31.